The van der Waals surface area contributed by atoms with Gasteiger partial charge in [0, 0.05) is 30.9 Å². The van der Waals surface area contributed by atoms with Gasteiger partial charge in [-0.05, 0) is 31.0 Å². The number of amides is 1. The molecule has 2 aromatic rings. The van der Waals surface area contributed by atoms with Crippen molar-refractivity contribution in [3.05, 3.63) is 65.7 Å². The van der Waals surface area contributed by atoms with E-state index in [0.717, 1.165) is 11.3 Å². The largest absolute Gasteiger partial charge is 0.489 e. The Morgan fingerprint density at radius 2 is 1.70 bits per heavy atom. The lowest BCUT2D eigenvalue weighted by molar-refractivity contribution is -0.154. The molecule has 2 N–H and O–H groups in total. The van der Waals surface area contributed by atoms with Gasteiger partial charge in [-0.3, -0.25) is 9.59 Å². The molecule has 1 amide bonds. The van der Waals surface area contributed by atoms with Crippen molar-refractivity contribution < 1.29 is 24.2 Å². The van der Waals surface area contributed by atoms with Crippen LogP contribution in [0.15, 0.2) is 54.6 Å². The average molecular weight is 369 g/mol. The minimum absolute atomic E-state index is 0.0817. The smallest absolute Gasteiger partial charge is 0.311 e. The molecule has 0 bridgehead atoms. The summed E-state index contributed by atoms with van der Waals surface area (Å²) in [6, 6.07) is 16.5. The van der Waals surface area contributed by atoms with E-state index in [-0.39, 0.29) is 19.1 Å². The average Bonchev–Trinajstić information content (AvgIpc) is 2.72. The van der Waals surface area contributed by atoms with E-state index in [1.807, 2.05) is 42.5 Å². The lowest BCUT2D eigenvalue weighted by Gasteiger charge is -2.33. The number of aliphatic carboxylic acids is 1. The number of ether oxygens (including phenoxy) is 2. The molecule has 6 nitrogen and oxygen atoms in total. The molecule has 6 heteroatoms. The third kappa shape index (κ3) is 4.65. The van der Waals surface area contributed by atoms with E-state index in [2.05, 4.69) is 5.32 Å². The molecule has 27 heavy (non-hydrogen) atoms. The summed E-state index contributed by atoms with van der Waals surface area (Å²) < 4.78 is 11.0. The van der Waals surface area contributed by atoms with E-state index >= 15 is 0 Å². The maximum atomic E-state index is 12.7. The second kappa shape index (κ2) is 8.68. The summed E-state index contributed by atoms with van der Waals surface area (Å²) in [6.45, 7) is 1.12. The van der Waals surface area contributed by atoms with Gasteiger partial charge in [-0.25, -0.2) is 0 Å². The number of carbonyl (C=O) groups is 2. The van der Waals surface area contributed by atoms with E-state index < -0.39 is 11.4 Å². The Kier molecular flexibility index (Phi) is 6.08. The summed E-state index contributed by atoms with van der Waals surface area (Å²) >= 11 is 0. The predicted octanol–water partition coefficient (Wildman–Crippen LogP) is 2.88. The third-order valence-electron chi connectivity index (χ3n) is 4.89. The summed E-state index contributed by atoms with van der Waals surface area (Å²) in [4.78, 5) is 24.4. The fourth-order valence-corrected chi connectivity index (χ4v) is 3.12. The van der Waals surface area contributed by atoms with Crippen LogP contribution in [0.25, 0.3) is 0 Å². The first-order valence-corrected chi connectivity index (χ1v) is 8.96. The third-order valence-corrected chi connectivity index (χ3v) is 4.89. The van der Waals surface area contributed by atoms with Crippen molar-refractivity contribution in [3.63, 3.8) is 0 Å². The predicted molar refractivity (Wildman–Crippen MR) is 99.7 cm³/mol. The van der Waals surface area contributed by atoms with Crippen LogP contribution in [0.4, 0.5) is 0 Å². The van der Waals surface area contributed by atoms with Gasteiger partial charge in [0.2, 0.25) is 0 Å². The van der Waals surface area contributed by atoms with Gasteiger partial charge in [0.1, 0.15) is 12.4 Å². The molecule has 0 aromatic heterocycles. The van der Waals surface area contributed by atoms with Gasteiger partial charge in [-0.1, -0.05) is 36.4 Å². The highest BCUT2D eigenvalue weighted by Crippen LogP contribution is 2.30. The molecule has 1 saturated heterocycles. The Balaban J connectivity index is 1.67. The van der Waals surface area contributed by atoms with Crippen molar-refractivity contribution in [2.24, 2.45) is 5.41 Å². The number of carboxylic acids is 1. The second-order valence-electron chi connectivity index (χ2n) is 6.64. The van der Waals surface area contributed by atoms with E-state index in [0.29, 0.717) is 31.6 Å². The van der Waals surface area contributed by atoms with Gasteiger partial charge in [-0.2, -0.15) is 0 Å². The summed E-state index contributed by atoms with van der Waals surface area (Å²) in [7, 11) is 0. The zero-order chi connectivity index (χ0) is 19.1. The SMILES string of the molecule is O=C(NCC1(C(=O)O)CCOCC1)c1ccccc1COc1ccccc1. The Labute approximate surface area is 158 Å². The topological polar surface area (TPSA) is 84.9 Å². The van der Waals surface area contributed by atoms with Crippen LogP contribution in [0.2, 0.25) is 0 Å². The molecular weight excluding hydrogens is 346 g/mol. The number of carboxylic acid groups (broad SMARTS) is 1. The Morgan fingerprint density at radius 1 is 1.04 bits per heavy atom. The van der Waals surface area contributed by atoms with Gasteiger partial charge in [0.15, 0.2) is 0 Å². The number of para-hydroxylation sites is 1. The minimum Gasteiger partial charge on any atom is -0.489 e. The Morgan fingerprint density at radius 3 is 2.41 bits per heavy atom. The first-order valence-electron chi connectivity index (χ1n) is 8.96. The van der Waals surface area contributed by atoms with Crippen LogP contribution in [-0.2, 0) is 16.1 Å². The van der Waals surface area contributed by atoms with Crippen LogP contribution in [-0.4, -0.2) is 36.7 Å². The van der Waals surface area contributed by atoms with E-state index in [1.54, 1.807) is 12.1 Å². The molecule has 142 valence electrons. The van der Waals surface area contributed by atoms with Crippen molar-refractivity contribution >= 4 is 11.9 Å². The van der Waals surface area contributed by atoms with Crippen LogP contribution in [0.1, 0.15) is 28.8 Å². The molecule has 1 aliphatic heterocycles. The molecule has 0 saturated carbocycles. The second-order valence-corrected chi connectivity index (χ2v) is 6.64. The zero-order valence-electron chi connectivity index (χ0n) is 15.0. The molecule has 1 aliphatic rings. The van der Waals surface area contributed by atoms with E-state index in [1.165, 1.54) is 0 Å². The summed E-state index contributed by atoms with van der Waals surface area (Å²) in [5, 5.41) is 12.4. The van der Waals surface area contributed by atoms with Gasteiger partial charge < -0.3 is 19.9 Å². The molecule has 1 heterocycles. The van der Waals surface area contributed by atoms with Gasteiger partial charge in [0.05, 0.1) is 5.41 Å². The maximum Gasteiger partial charge on any atom is 0.311 e. The highest BCUT2D eigenvalue weighted by Gasteiger charge is 2.40. The Bertz CT molecular complexity index is 784. The van der Waals surface area contributed by atoms with Crippen LogP contribution in [0.3, 0.4) is 0 Å². The summed E-state index contributed by atoms with van der Waals surface area (Å²) in [6.07, 6.45) is 0.781. The van der Waals surface area contributed by atoms with Gasteiger partial charge in [-0.15, -0.1) is 0 Å². The van der Waals surface area contributed by atoms with Crippen LogP contribution >= 0.6 is 0 Å². The monoisotopic (exact) mass is 369 g/mol. The molecular formula is C21H23NO5. The lowest BCUT2D eigenvalue weighted by atomic mass is 9.80. The molecule has 3 rings (SSSR count). The molecule has 0 spiro atoms. The highest BCUT2D eigenvalue weighted by atomic mass is 16.5. The van der Waals surface area contributed by atoms with Gasteiger partial charge >= 0.3 is 5.97 Å². The first-order chi connectivity index (χ1) is 13.1. The van der Waals surface area contributed by atoms with Crippen LogP contribution < -0.4 is 10.1 Å². The minimum atomic E-state index is -0.969. The maximum absolute atomic E-state index is 12.7. The number of nitrogens with one attached hydrogen (secondary N) is 1. The van der Waals surface area contributed by atoms with Crippen LogP contribution in [0.5, 0.6) is 5.75 Å². The number of rotatable bonds is 7. The Hall–Kier alpha value is -2.86. The number of hydrogen-bond acceptors (Lipinski definition) is 4. The highest BCUT2D eigenvalue weighted by molar-refractivity contribution is 5.96. The fraction of sp³-hybridized carbons (Fsp3) is 0.333. The molecule has 2 aromatic carbocycles. The van der Waals surface area contributed by atoms with Crippen molar-refractivity contribution in [1.82, 2.24) is 5.32 Å². The number of carbonyl (C=O) groups excluding carboxylic acids is 1. The van der Waals surface area contributed by atoms with Gasteiger partial charge in [0.25, 0.3) is 5.91 Å². The number of hydrogen-bond donors (Lipinski definition) is 2. The van der Waals surface area contributed by atoms with Crippen molar-refractivity contribution in [1.29, 1.82) is 0 Å². The fourth-order valence-electron chi connectivity index (χ4n) is 3.12. The van der Waals surface area contributed by atoms with Crippen LogP contribution in [0, 0.1) is 5.41 Å². The first kappa shape index (κ1) is 18.9. The summed E-state index contributed by atoms with van der Waals surface area (Å²) in [5.74, 6) is -0.471. The van der Waals surface area contributed by atoms with E-state index in [9.17, 15) is 14.7 Å². The quantitative estimate of drug-likeness (QED) is 0.784. The van der Waals surface area contributed by atoms with Crippen molar-refractivity contribution in [3.8, 4) is 5.75 Å². The summed E-state index contributed by atoms with van der Waals surface area (Å²) in [5.41, 5.74) is 0.264. The molecule has 0 unspecified atom stereocenters. The standard InChI is InChI=1S/C21H23NO5/c23-19(22-15-21(20(24)25)10-12-26-13-11-21)18-9-5-4-6-16(18)14-27-17-7-2-1-3-8-17/h1-9H,10-15H2,(H,22,23)(H,24,25). The molecule has 0 atom stereocenters. The van der Waals surface area contributed by atoms with E-state index in [4.69, 9.17) is 9.47 Å². The molecule has 0 aliphatic carbocycles. The number of benzene rings is 2. The molecule has 1 fully saturated rings. The normalized spacial score (nSPS) is 15.7. The lowest BCUT2D eigenvalue weighted by Crippen LogP contribution is -2.46. The van der Waals surface area contributed by atoms with Crippen molar-refractivity contribution in [2.75, 3.05) is 19.8 Å². The zero-order valence-corrected chi connectivity index (χ0v) is 15.0. The molecule has 0 radical (unpaired) electrons. The van der Waals surface area contributed by atoms with Crippen molar-refractivity contribution in [2.45, 2.75) is 19.4 Å².